The summed E-state index contributed by atoms with van der Waals surface area (Å²) in [6.45, 7) is 3.39. The van der Waals surface area contributed by atoms with Crippen LogP contribution >= 0.6 is 12.2 Å². The van der Waals surface area contributed by atoms with E-state index in [0.717, 1.165) is 19.8 Å². The first-order chi connectivity index (χ1) is 10.7. The Balaban J connectivity index is 1.99. The lowest BCUT2D eigenvalue weighted by Crippen LogP contribution is -2.64. The molecule has 1 aliphatic heterocycles. The molecule has 0 aliphatic carbocycles. The van der Waals surface area contributed by atoms with Crippen LogP contribution in [0.25, 0.3) is 0 Å². The quantitative estimate of drug-likeness (QED) is 0.671. The molecule has 1 unspecified atom stereocenters. The Morgan fingerprint density at radius 1 is 1.09 bits per heavy atom. The van der Waals surface area contributed by atoms with Gasteiger partial charge in [0.2, 0.25) is 5.11 Å². The molecule has 114 valence electrons. The number of nitrogens with one attached hydrogen (secondary N) is 1. The van der Waals surface area contributed by atoms with Gasteiger partial charge in [-0.2, -0.15) is 9.60 Å². The second kappa shape index (κ2) is 6.44. The van der Waals surface area contributed by atoms with Crippen molar-refractivity contribution in [3.8, 4) is 0 Å². The standard InChI is InChI=1S/C17H20N4S/c18-17(22)20(13-15-7-3-1-4-8-15)21(12-11-19-14-21)16-9-5-2-6-10-16/h1-10,19H,11-14H2,(H-,18,22)/p+1. The molecule has 3 N–H and O–H groups in total. The third-order valence-electron chi connectivity index (χ3n) is 4.16. The van der Waals surface area contributed by atoms with Crippen molar-refractivity contribution in [2.24, 2.45) is 5.73 Å². The molecule has 1 aliphatic rings. The Morgan fingerprint density at radius 2 is 1.73 bits per heavy atom. The summed E-state index contributed by atoms with van der Waals surface area (Å²) in [5.74, 6) is 0. The zero-order chi connectivity index (χ0) is 15.4. The van der Waals surface area contributed by atoms with Crippen molar-refractivity contribution in [3.05, 3.63) is 66.2 Å². The molecule has 0 saturated carbocycles. The Hall–Kier alpha value is -1.95. The molecule has 0 aromatic heterocycles. The maximum atomic E-state index is 6.10. The lowest BCUT2D eigenvalue weighted by atomic mass is 10.2. The van der Waals surface area contributed by atoms with E-state index in [1.165, 1.54) is 11.3 Å². The van der Waals surface area contributed by atoms with E-state index in [9.17, 15) is 0 Å². The lowest BCUT2D eigenvalue weighted by molar-refractivity contribution is 0.0720. The van der Waals surface area contributed by atoms with E-state index in [-0.39, 0.29) is 0 Å². The van der Waals surface area contributed by atoms with Crippen molar-refractivity contribution < 1.29 is 0 Å². The van der Waals surface area contributed by atoms with Gasteiger partial charge in [0.25, 0.3) is 0 Å². The first-order valence-electron chi connectivity index (χ1n) is 7.47. The summed E-state index contributed by atoms with van der Waals surface area (Å²) < 4.78 is 0.630. The number of thiocarbonyl (C=S) groups is 1. The first-order valence-corrected chi connectivity index (χ1v) is 7.88. The van der Waals surface area contributed by atoms with E-state index in [1.807, 2.05) is 24.3 Å². The summed E-state index contributed by atoms with van der Waals surface area (Å²) in [7, 11) is 0. The SMILES string of the molecule is NC(=S)N(Cc1ccccc1)[N+]1(c2ccccc2)CCNC1. The Labute approximate surface area is 136 Å². The molecule has 22 heavy (non-hydrogen) atoms. The fourth-order valence-corrected chi connectivity index (χ4v) is 3.26. The van der Waals surface area contributed by atoms with E-state index < -0.39 is 0 Å². The van der Waals surface area contributed by atoms with E-state index in [4.69, 9.17) is 18.0 Å². The number of nitrogens with zero attached hydrogens (tertiary/aromatic N) is 2. The molecule has 1 saturated heterocycles. The van der Waals surface area contributed by atoms with E-state index >= 15 is 0 Å². The molecule has 1 atom stereocenters. The van der Waals surface area contributed by atoms with Crippen LogP contribution in [0.2, 0.25) is 0 Å². The van der Waals surface area contributed by atoms with E-state index in [0.29, 0.717) is 16.2 Å². The van der Waals surface area contributed by atoms with Gasteiger partial charge in [-0.1, -0.05) is 48.5 Å². The van der Waals surface area contributed by atoms with Crippen LogP contribution in [0.1, 0.15) is 5.56 Å². The topological polar surface area (TPSA) is 41.3 Å². The van der Waals surface area contributed by atoms with Gasteiger partial charge in [-0.25, -0.2) is 0 Å². The Bertz CT molecular complexity index is 624. The fourth-order valence-electron chi connectivity index (χ4n) is 3.04. The second-order valence-electron chi connectivity index (χ2n) is 5.52. The maximum Gasteiger partial charge on any atom is 0.214 e. The van der Waals surface area contributed by atoms with Gasteiger partial charge in [-0.3, -0.25) is 5.32 Å². The van der Waals surface area contributed by atoms with Gasteiger partial charge >= 0.3 is 0 Å². The highest BCUT2D eigenvalue weighted by Crippen LogP contribution is 2.28. The first kappa shape index (κ1) is 15.0. The van der Waals surface area contributed by atoms with Crippen LogP contribution in [0.15, 0.2) is 60.7 Å². The molecule has 1 fully saturated rings. The van der Waals surface area contributed by atoms with Crippen molar-refractivity contribution in [3.63, 3.8) is 0 Å². The van der Waals surface area contributed by atoms with Crippen LogP contribution in [0.5, 0.6) is 0 Å². The van der Waals surface area contributed by atoms with Gasteiger partial charge in [-0.05, 0) is 17.8 Å². The minimum Gasteiger partial charge on any atom is -0.372 e. The minimum absolute atomic E-state index is 0.427. The molecular weight excluding hydrogens is 292 g/mol. The number of nitrogens with two attached hydrogens (primary N) is 1. The molecule has 3 rings (SSSR count). The summed E-state index contributed by atoms with van der Waals surface area (Å²) in [5, 5.41) is 5.99. The molecule has 0 amide bonds. The van der Waals surface area contributed by atoms with Crippen LogP contribution in [-0.2, 0) is 6.54 Å². The van der Waals surface area contributed by atoms with Crippen LogP contribution in [0.4, 0.5) is 5.69 Å². The Morgan fingerprint density at radius 3 is 2.27 bits per heavy atom. The van der Waals surface area contributed by atoms with Gasteiger partial charge in [0.15, 0.2) is 12.4 Å². The largest absolute Gasteiger partial charge is 0.372 e. The molecule has 0 radical (unpaired) electrons. The highest BCUT2D eigenvalue weighted by molar-refractivity contribution is 7.80. The molecule has 2 aromatic rings. The average molecular weight is 313 g/mol. The molecule has 0 spiro atoms. The van der Waals surface area contributed by atoms with Crippen molar-refractivity contribution in [1.82, 2.24) is 14.9 Å². The summed E-state index contributed by atoms with van der Waals surface area (Å²) >= 11 is 5.38. The zero-order valence-electron chi connectivity index (χ0n) is 12.5. The molecule has 2 aromatic carbocycles. The number of quaternary nitrogens is 1. The van der Waals surface area contributed by atoms with Gasteiger partial charge in [0, 0.05) is 12.1 Å². The van der Waals surface area contributed by atoms with Crippen LogP contribution in [0.3, 0.4) is 0 Å². The van der Waals surface area contributed by atoms with Gasteiger partial charge in [0.05, 0.1) is 13.1 Å². The van der Waals surface area contributed by atoms with Gasteiger partial charge < -0.3 is 5.73 Å². The summed E-state index contributed by atoms with van der Waals surface area (Å²) in [6, 6.07) is 20.8. The van der Waals surface area contributed by atoms with Gasteiger partial charge in [-0.15, -0.1) is 0 Å². The second-order valence-corrected chi connectivity index (χ2v) is 5.94. The third kappa shape index (κ3) is 2.83. The molecule has 4 nitrogen and oxygen atoms in total. The van der Waals surface area contributed by atoms with E-state index in [1.54, 1.807) is 0 Å². The molecule has 0 bridgehead atoms. The summed E-state index contributed by atoms with van der Waals surface area (Å²) in [5.41, 5.74) is 8.51. The molecule has 1 heterocycles. The highest BCUT2D eigenvalue weighted by Gasteiger charge is 2.42. The molecule has 5 heteroatoms. The van der Waals surface area contributed by atoms with Gasteiger partial charge in [0.1, 0.15) is 6.54 Å². The minimum atomic E-state index is 0.427. The van der Waals surface area contributed by atoms with Crippen molar-refractivity contribution in [2.45, 2.75) is 6.54 Å². The fraction of sp³-hybridized carbons (Fsp3) is 0.235. The smallest absolute Gasteiger partial charge is 0.214 e. The summed E-state index contributed by atoms with van der Waals surface area (Å²) in [4.78, 5) is 0. The van der Waals surface area contributed by atoms with Crippen LogP contribution in [-0.4, -0.2) is 29.9 Å². The summed E-state index contributed by atoms with van der Waals surface area (Å²) in [6.07, 6.45) is 0. The van der Waals surface area contributed by atoms with Crippen molar-refractivity contribution >= 4 is 23.0 Å². The number of rotatable bonds is 4. The van der Waals surface area contributed by atoms with Crippen LogP contribution in [0, 0.1) is 0 Å². The highest BCUT2D eigenvalue weighted by atomic mass is 32.1. The monoisotopic (exact) mass is 313 g/mol. The predicted molar refractivity (Wildman–Crippen MR) is 94.7 cm³/mol. The number of hydrogen-bond acceptors (Lipinski definition) is 2. The molecular formula is C17H21N4S+. The van der Waals surface area contributed by atoms with Crippen LogP contribution < -0.4 is 15.6 Å². The number of benzene rings is 2. The van der Waals surface area contributed by atoms with Crippen molar-refractivity contribution in [1.29, 1.82) is 0 Å². The lowest BCUT2D eigenvalue weighted by Gasteiger charge is -2.42. The number of para-hydroxylation sites is 1. The third-order valence-corrected chi connectivity index (χ3v) is 4.37. The van der Waals surface area contributed by atoms with Crippen molar-refractivity contribution in [2.75, 3.05) is 19.8 Å². The zero-order valence-corrected chi connectivity index (χ0v) is 13.3. The number of hydrogen-bond donors (Lipinski definition) is 2. The predicted octanol–water partition coefficient (Wildman–Crippen LogP) is 2.22. The van der Waals surface area contributed by atoms with E-state index in [2.05, 4.69) is 46.7 Å². The average Bonchev–Trinajstić information content (AvgIpc) is 3.05. The maximum absolute atomic E-state index is 6.10. The normalized spacial score (nSPS) is 20.7. The Kier molecular flexibility index (Phi) is 4.38.